The molecular formula is C14H20ClN5. The number of hydrogen-bond donors (Lipinski definition) is 1. The van der Waals surface area contributed by atoms with E-state index in [-0.39, 0.29) is 12.1 Å². The van der Waals surface area contributed by atoms with E-state index in [1.807, 2.05) is 10.7 Å². The standard InChI is InChI=1S/C14H20ClN5/c1-4-6-16-13(11-5-7-17-18-8-11)14-12(15)9-19-20(14)10(2)3/h5,7-10,13,16H,4,6H2,1-3H3. The van der Waals surface area contributed by atoms with Gasteiger partial charge in [-0.15, -0.1) is 0 Å². The summed E-state index contributed by atoms with van der Waals surface area (Å²) in [6.45, 7) is 7.21. The van der Waals surface area contributed by atoms with Gasteiger partial charge in [-0.05, 0) is 38.4 Å². The van der Waals surface area contributed by atoms with Crippen molar-refractivity contribution in [3.8, 4) is 0 Å². The summed E-state index contributed by atoms with van der Waals surface area (Å²) in [5, 5.41) is 16.4. The van der Waals surface area contributed by atoms with Gasteiger partial charge in [-0.25, -0.2) is 0 Å². The molecule has 2 heterocycles. The lowest BCUT2D eigenvalue weighted by molar-refractivity contribution is 0.471. The molecule has 0 spiro atoms. The molecule has 2 aromatic heterocycles. The fourth-order valence-corrected chi connectivity index (χ4v) is 2.40. The van der Waals surface area contributed by atoms with E-state index in [4.69, 9.17) is 11.6 Å². The molecule has 2 aromatic rings. The minimum atomic E-state index is -0.0251. The van der Waals surface area contributed by atoms with Crippen LogP contribution in [-0.4, -0.2) is 26.5 Å². The van der Waals surface area contributed by atoms with Gasteiger partial charge in [0.25, 0.3) is 0 Å². The molecule has 0 aromatic carbocycles. The third-order valence-corrected chi connectivity index (χ3v) is 3.38. The van der Waals surface area contributed by atoms with Gasteiger partial charge in [0.05, 0.1) is 29.2 Å². The zero-order valence-corrected chi connectivity index (χ0v) is 12.8. The van der Waals surface area contributed by atoms with Crippen LogP contribution in [0.3, 0.4) is 0 Å². The summed E-state index contributed by atoms with van der Waals surface area (Å²) in [4.78, 5) is 0. The molecule has 0 aliphatic heterocycles. The van der Waals surface area contributed by atoms with Crippen molar-refractivity contribution in [3.05, 3.63) is 40.9 Å². The summed E-state index contributed by atoms with van der Waals surface area (Å²) in [6, 6.07) is 2.18. The average Bonchev–Trinajstić information content (AvgIpc) is 2.83. The molecule has 0 saturated heterocycles. The van der Waals surface area contributed by atoms with Crippen LogP contribution in [0.1, 0.15) is 50.5 Å². The SMILES string of the molecule is CCCNC(c1ccnnc1)c1c(Cl)cnn1C(C)C. The van der Waals surface area contributed by atoms with Gasteiger partial charge in [0.2, 0.25) is 0 Å². The molecule has 0 bridgehead atoms. The highest BCUT2D eigenvalue weighted by Crippen LogP contribution is 2.29. The van der Waals surface area contributed by atoms with Gasteiger partial charge in [-0.3, -0.25) is 4.68 Å². The fraction of sp³-hybridized carbons (Fsp3) is 0.500. The maximum atomic E-state index is 6.35. The molecule has 1 unspecified atom stereocenters. The lowest BCUT2D eigenvalue weighted by Crippen LogP contribution is -2.27. The maximum Gasteiger partial charge on any atom is 0.0837 e. The van der Waals surface area contributed by atoms with Gasteiger partial charge in [0.15, 0.2) is 0 Å². The van der Waals surface area contributed by atoms with E-state index < -0.39 is 0 Å². The van der Waals surface area contributed by atoms with E-state index >= 15 is 0 Å². The molecule has 1 N–H and O–H groups in total. The Bertz CT molecular complexity index is 538. The van der Waals surface area contributed by atoms with Crippen molar-refractivity contribution in [2.24, 2.45) is 0 Å². The quantitative estimate of drug-likeness (QED) is 0.889. The van der Waals surface area contributed by atoms with Gasteiger partial charge in [-0.1, -0.05) is 18.5 Å². The second kappa shape index (κ2) is 6.81. The largest absolute Gasteiger partial charge is 0.305 e. The van der Waals surface area contributed by atoms with Crippen LogP contribution in [0.2, 0.25) is 5.02 Å². The van der Waals surface area contributed by atoms with E-state index in [1.165, 1.54) is 0 Å². The van der Waals surface area contributed by atoms with Crippen LogP contribution < -0.4 is 5.32 Å². The summed E-state index contributed by atoms with van der Waals surface area (Å²) >= 11 is 6.35. The highest BCUT2D eigenvalue weighted by Gasteiger charge is 2.23. The molecule has 20 heavy (non-hydrogen) atoms. The third kappa shape index (κ3) is 3.16. The zero-order valence-electron chi connectivity index (χ0n) is 12.0. The molecule has 2 rings (SSSR count). The van der Waals surface area contributed by atoms with Crippen LogP contribution in [0.25, 0.3) is 0 Å². The van der Waals surface area contributed by atoms with Crippen LogP contribution in [0.4, 0.5) is 0 Å². The molecule has 0 saturated carbocycles. The van der Waals surface area contributed by atoms with Crippen molar-refractivity contribution in [3.63, 3.8) is 0 Å². The minimum Gasteiger partial charge on any atom is -0.305 e. The van der Waals surface area contributed by atoms with E-state index in [1.54, 1.807) is 18.6 Å². The van der Waals surface area contributed by atoms with Gasteiger partial charge in [0, 0.05) is 12.2 Å². The number of nitrogens with one attached hydrogen (secondary N) is 1. The van der Waals surface area contributed by atoms with E-state index in [0.717, 1.165) is 24.2 Å². The maximum absolute atomic E-state index is 6.35. The number of nitrogens with zero attached hydrogens (tertiary/aromatic N) is 4. The zero-order chi connectivity index (χ0) is 14.5. The van der Waals surface area contributed by atoms with Crippen molar-refractivity contribution in [2.45, 2.75) is 39.3 Å². The molecule has 6 heteroatoms. The Balaban J connectivity index is 2.44. The molecule has 5 nitrogen and oxygen atoms in total. The minimum absolute atomic E-state index is 0.0251. The average molecular weight is 294 g/mol. The van der Waals surface area contributed by atoms with Gasteiger partial charge in [-0.2, -0.15) is 15.3 Å². The van der Waals surface area contributed by atoms with Crippen LogP contribution in [-0.2, 0) is 0 Å². The number of rotatable bonds is 6. The highest BCUT2D eigenvalue weighted by atomic mass is 35.5. The van der Waals surface area contributed by atoms with Crippen molar-refractivity contribution >= 4 is 11.6 Å². The summed E-state index contributed by atoms with van der Waals surface area (Å²) in [5.74, 6) is 0. The van der Waals surface area contributed by atoms with E-state index in [9.17, 15) is 0 Å². The third-order valence-electron chi connectivity index (χ3n) is 3.09. The first kappa shape index (κ1) is 14.9. The molecule has 108 valence electrons. The van der Waals surface area contributed by atoms with Crippen LogP contribution in [0.5, 0.6) is 0 Å². The summed E-state index contributed by atoms with van der Waals surface area (Å²) in [7, 11) is 0. The Morgan fingerprint density at radius 2 is 2.10 bits per heavy atom. The molecule has 0 amide bonds. The Labute approximate surface area is 124 Å². The smallest absolute Gasteiger partial charge is 0.0837 e. The van der Waals surface area contributed by atoms with Gasteiger partial charge >= 0.3 is 0 Å². The summed E-state index contributed by atoms with van der Waals surface area (Å²) < 4.78 is 1.95. The molecule has 0 aliphatic carbocycles. The Kier molecular flexibility index (Phi) is 5.09. The normalized spacial score (nSPS) is 12.8. The molecular weight excluding hydrogens is 274 g/mol. The van der Waals surface area contributed by atoms with Crippen molar-refractivity contribution in [2.75, 3.05) is 6.54 Å². The molecule has 0 fully saturated rings. The van der Waals surface area contributed by atoms with Gasteiger partial charge in [0.1, 0.15) is 0 Å². The first-order valence-electron chi connectivity index (χ1n) is 6.88. The second-order valence-corrected chi connectivity index (χ2v) is 5.39. The number of halogens is 1. The molecule has 0 aliphatic rings. The fourth-order valence-electron chi connectivity index (χ4n) is 2.17. The Hall–Kier alpha value is -1.46. The number of aromatic nitrogens is 4. The Morgan fingerprint density at radius 3 is 2.70 bits per heavy atom. The van der Waals surface area contributed by atoms with Crippen LogP contribution >= 0.6 is 11.6 Å². The van der Waals surface area contributed by atoms with Crippen molar-refractivity contribution < 1.29 is 0 Å². The first-order valence-corrected chi connectivity index (χ1v) is 7.25. The summed E-state index contributed by atoms with van der Waals surface area (Å²) in [5.41, 5.74) is 2.01. The lowest BCUT2D eigenvalue weighted by atomic mass is 10.1. The lowest BCUT2D eigenvalue weighted by Gasteiger charge is -2.22. The topological polar surface area (TPSA) is 55.6 Å². The van der Waals surface area contributed by atoms with E-state index in [2.05, 4.69) is 41.4 Å². The monoisotopic (exact) mass is 293 g/mol. The van der Waals surface area contributed by atoms with Crippen molar-refractivity contribution in [1.29, 1.82) is 0 Å². The highest BCUT2D eigenvalue weighted by molar-refractivity contribution is 6.31. The summed E-state index contributed by atoms with van der Waals surface area (Å²) in [6.07, 6.45) is 6.20. The second-order valence-electron chi connectivity index (χ2n) is 4.98. The predicted octanol–water partition coefficient (Wildman–Crippen LogP) is 3.00. The molecule has 1 atom stereocenters. The first-order chi connectivity index (χ1) is 9.65. The van der Waals surface area contributed by atoms with Crippen molar-refractivity contribution in [1.82, 2.24) is 25.3 Å². The Morgan fingerprint density at radius 1 is 1.30 bits per heavy atom. The van der Waals surface area contributed by atoms with E-state index in [0.29, 0.717) is 5.02 Å². The molecule has 0 radical (unpaired) electrons. The predicted molar refractivity (Wildman–Crippen MR) is 79.8 cm³/mol. The van der Waals surface area contributed by atoms with Crippen LogP contribution in [0.15, 0.2) is 24.7 Å². The van der Waals surface area contributed by atoms with Crippen LogP contribution in [0, 0.1) is 0 Å². The number of hydrogen-bond acceptors (Lipinski definition) is 4. The van der Waals surface area contributed by atoms with Gasteiger partial charge < -0.3 is 5.32 Å².